The molecule has 4 nitrogen and oxygen atoms in total. The topological polar surface area (TPSA) is 65.2 Å². The van der Waals surface area contributed by atoms with E-state index in [1.807, 2.05) is 18.2 Å². The number of fused-ring (bicyclic) bond motifs is 5. The van der Waals surface area contributed by atoms with Crippen molar-refractivity contribution in [2.45, 2.75) is 0 Å². The Morgan fingerprint density at radius 3 is 2.50 bits per heavy atom. The molecule has 0 radical (unpaired) electrons. The maximum atomic E-state index is 8.88. The van der Waals surface area contributed by atoms with E-state index in [9.17, 15) is 0 Å². The van der Waals surface area contributed by atoms with Gasteiger partial charge in [-0.15, -0.1) is 0 Å². The summed E-state index contributed by atoms with van der Waals surface area (Å²) in [5, 5.41) is 24.3. The van der Waals surface area contributed by atoms with Crippen LogP contribution in [0.5, 0.6) is 0 Å². The van der Waals surface area contributed by atoms with Crippen molar-refractivity contribution in [3.05, 3.63) is 24.3 Å². The monoisotopic (exact) mass is 190 g/mol. The van der Waals surface area contributed by atoms with E-state index < -0.39 is 0 Å². The van der Waals surface area contributed by atoms with Crippen LogP contribution in [-0.2, 0) is 0 Å². The molecule has 1 fully saturated rings. The van der Waals surface area contributed by atoms with Crippen LogP contribution in [0, 0.1) is 23.7 Å². The molecule has 4 heteroatoms. The normalized spacial score (nSPS) is 48.3. The van der Waals surface area contributed by atoms with Gasteiger partial charge in [0.2, 0.25) is 0 Å². The van der Waals surface area contributed by atoms with Crippen molar-refractivity contribution < 1.29 is 10.4 Å². The van der Waals surface area contributed by atoms with Crippen LogP contribution in [-0.4, -0.2) is 21.8 Å². The van der Waals surface area contributed by atoms with Gasteiger partial charge in [-0.1, -0.05) is 28.5 Å². The molecule has 0 amide bonds. The van der Waals surface area contributed by atoms with Crippen molar-refractivity contribution in [1.29, 1.82) is 0 Å². The molecular formula is C10H10N2O2. The molecule has 0 aromatic rings. The summed E-state index contributed by atoms with van der Waals surface area (Å²) in [6, 6.07) is 0. The second kappa shape index (κ2) is 2.47. The maximum Gasteiger partial charge on any atom is 0.0839 e. The van der Waals surface area contributed by atoms with Crippen LogP contribution in [0.4, 0.5) is 0 Å². The van der Waals surface area contributed by atoms with Crippen molar-refractivity contribution in [3.8, 4) is 0 Å². The SMILES string of the molecule is O/N=C1\[C@H]2C=C[C@@H]1[C@H]1C=C/C(=N\O)[C@H]12. The van der Waals surface area contributed by atoms with E-state index in [1.54, 1.807) is 0 Å². The van der Waals surface area contributed by atoms with Crippen LogP contribution in [0.2, 0.25) is 0 Å². The first kappa shape index (κ1) is 7.79. The lowest BCUT2D eigenvalue weighted by Crippen LogP contribution is -2.20. The van der Waals surface area contributed by atoms with E-state index in [1.165, 1.54) is 0 Å². The van der Waals surface area contributed by atoms with Gasteiger partial charge in [-0.3, -0.25) is 0 Å². The highest BCUT2D eigenvalue weighted by molar-refractivity contribution is 6.09. The molecule has 3 rings (SSSR count). The second-order valence-electron chi connectivity index (χ2n) is 3.95. The first-order valence-electron chi connectivity index (χ1n) is 4.67. The van der Waals surface area contributed by atoms with Crippen LogP contribution >= 0.6 is 0 Å². The molecular weight excluding hydrogens is 180 g/mol. The first-order valence-corrected chi connectivity index (χ1v) is 4.67. The number of hydrogen-bond acceptors (Lipinski definition) is 4. The molecule has 0 heterocycles. The van der Waals surface area contributed by atoms with E-state index in [0.717, 1.165) is 5.71 Å². The largest absolute Gasteiger partial charge is 0.411 e. The summed E-state index contributed by atoms with van der Waals surface area (Å²) in [7, 11) is 0. The van der Waals surface area contributed by atoms with Gasteiger partial charge in [0.15, 0.2) is 0 Å². The minimum atomic E-state index is 0.121. The molecule has 0 spiro atoms. The molecule has 2 bridgehead atoms. The van der Waals surface area contributed by atoms with Gasteiger partial charge in [0.1, 0.15) is 0 Å². The Morgan fingerprint density at radius 1 is 1.00 bits per heavy atom. The summed E-state index contributed by atoms with van der Waals surface area (Å²) in [5.41, 5.74) is 1.51. The Labute approximate surface area is 80.9 Å². The summed E-state index contributed by atoms with van der Waals surface area (Å²) >= 11 is 0. The predicted octanol–water partition coefficient (Wildman–Crippen LogP) is 1.26. The molecule has 0 aromatic heterocycles. The zero-order valence-electron chi connectivity index (χ0n) is 7.41. The molecule has 0 unspecified atom stereocenters. The first-order chi connectivity index (χ1) is 6.86. The Bertz CT molecular complexity index is 395. The number of allylic oxidation sites excluding steroid dienone is 4. The third-order valence-electron chi connectivity index (χ3n) is 3.49. The van der Waals surface area contributed by atoms with Gasteiger partial charge in [0.25, 0.3) is 0 Å². The minimum Gasteiger partial charge on any atom is -0.411 e. The third-order valence-corrected chi connectivity index (χ3v) is 3.49. The number of hydrogen-bond donors (Lipinski definition) is 2. The second-order valence-corrected chi connectivity index (χ2v) is 3.95. The lowest BCUT2D eigenvalue weighted by atomic mass is 9.85. The van der Waals surface area contributed by atoms with Crippen LogP contribution in [0.1, 0.15) is 0 Å². The van der Waals surface area contributed by atoms with Gasteiger partial charge >= 0.3 is 0 Å². The zero-order chi connectivity index (χ0) is 9.71. The lowest BCUT2D eigenvalue weighted by Gasteiger charge is -2.17. The molecule has 14 heavy (non-hydrogen) atoms. The number of rotatable bonds is 0. The van der Waals surface area contributed by atoms with Gasteiger partial charge in [-0.25, -0.2) is 0 Å². The van der Waals surface area contributed by atoms with Crippen LogP contribution in [0.25, 0.3) is 0 Å². The molecule has 3 aliphatic rings. The van der Waals surface area contributed by atoms with Crippen molar-refractivity contribution in [3.63, 3.8) is 0 Å². The molecule has 1 saturated carbocycles. The van der Waals surface area contributed by atoms with E-state index in [0.29, 0.717) is 11.6 Å². The van der Waals surface area contributed by atoms with Gasteiger partial charge in [0.05, 0.1) is 11.4 Å². The highest BCUT2D eigenvalue weighted by atomic mass is 16.4. The van der Waals surface area contributed by atoms with Gasteiger partial charge < -0.3 is 10.4 Å². The Morgan fingerprint density at radius 2 is 1.79 bits per heavy atom. The predicted molar refractivity (Wildman–Crippen MR) is 50.7 cm³/mol. The lowest BCUT2D eigenvalue weighted by molar-refractivity contribution is 0.312. The molecule has 4 atom stereocenters. The quantitative estimate of drug-likeness (QED) is 0.343. The summed E-state index contributed by atoms with van der Waals surface area (Å²) in [6.45, 7) is 0. The molecule has 2 N–H and O–H groups in total. The molecule has 0 aliphatic heterocycles. The fourth-order valence-electron chi connectivity index (χ4n) is 2.93. The number of oxime groups is 2. The van der Waals surface area contributed by atoms with E-state index in [4.69, 9.17) is 10.4 Å². The van der Waals surface area contributed by atoms with Crippen LogP contribution in [0.3, 0.4) is 0 Å². The standard InChI is InChI=1S/C10H10N2O2/c13-11-8-4-3-5-6-1-2-7(9(5)8)10(6)12-14/h1-7,9,13-14H/b11-8+,12-10-/t5-,6-,7+,9-/m1/s1. The molecule has 72 valence electrons. The van der Waals surface area contributed by atoms with Crippen LogP contribution < -0.4 is 0 Å². The van der Waals surface area contributed by atoms with Gasteiger partial charge in [-0.05, 0) is 12.0 Å². The molecule has 0 saturated heterocycles. The Kier molecular flexibility index (Phi) is 1.37. The fourth-order valence-corrected chi connectivity index (χ4v) is 2.93. The summed E-state index contributed by atoms with van der Waals surface area (Å²) in [6.07, 6.45) is 8.01. The van der Waals surface area contributed by atoms with Crippen molar-refractivity contribution in [1.82, 2.24) is 0 Å². The number of nitrogens with zero attached hydrogens (tertiary/aromatic N) is 2. The molecule has 0 aromatic carbocycles. The van der Waals surface area contributed by atoms with Crippen molar-refractivity contribution >= 4 is 11.4 Å². The van der Waals surface area contributed by atoms with E-state index in [-0.39, 0.29) is 17.8 Å². The average molecular weight is 190 g/mol. The molecule has 3 aliphatic carbocycles. The van der Waals surface area contributed by atoms with Gasteiger partial charge in [0, 0.05) is 17.8 Å². The summed E-state index contributed by atoms with van der Waals surface area (Å²) in [4.78, 5) is 0. The van der Waals surface area contributed by atoms with Gasteiger partial charge in [-0.2, -0.15) is 0 Å². The smallest absolute Gasteiger partial charge is 0.0839 e. The highest BCUT2D eigenvalue weighted by Gasteiger charge is 2.52. The fraction of sp³-hybridized carbons (Fsp3) is 0.400. The van der Waals surface area contributed by atoms with E-state index >= 15 is 0 Å². The Balaban J connectivity index is 2.08. The average Bonchev–Trinajstić information content (AvgIpc) is 2.87. The minimum absolute atomic E-state index is 0.121. The summed E-state index contributed by atoms with van der Waals surface area (Å²) in [5.74, 6) is 0.823. The Hall–Kier alpha value is -1.58. The maximum absolute atomic E-state index is 8.88. The summed E-state index contributed by atoms with van der Waals surface area (Å²) < 4.78 is 0. The van der Waals surface area contributed by atoms with E-state index in [2.05, 4.69) is 16.4 Å². The third kappa shape index (κ3) is 0.697. The van der Waals surface area contributed by atoms with Crippen molar-refractivity contribution in [2.75, 3.05) is 0 Å². The van der Waals surface area contributed by atoms with Crippen LogP contribution in [0.15, 0.2) is 34.6 Å². The zero-order valence-corrected chi connectivity index (χ0v) is 7.41. The highest BCUT2D eigenvalue weighted by Crippen LogP contribution is 2.49. The van der Waals surface area contributed by atoms with Crippen molar-refractivity contribution in [2.24, 2.45) is 34.0 Å².